The number of likely N-dealkylation sites (tertiary alicyclic amines) is 1. The number of halogens is 2. The molecule has 0 aliphatic carbocycles. The molecule has 0 saturated carbocycles. The molecule has 1 fully saturated rings. The quantitative estimate of drug-likeness (QED) is 0.922. The van der Waals surface area contributed by atoms with Crippen molar-refractivity contribution in [2.24, 2.45) is 5.92 Å². The van der Waals surface area contributed by atoms with Crippen molar-refractivity contribution in [2.75, 3.05) is 13.1 Å². The van der Waals surface area contributed by atoms with Crippen LogP contribution < -0.4 is 0 Å². The zero-order valence-electron chi connectivity index (χ0n) is 10.5. The Morgan fingerprint density at radius 3 is 2.55 bits per heavy atom. The van der Waals surface area contributed by atoms with Gasteiger partial charge in [0.05, 0.1) is 6.54 Å². The van der Waals surface area contributed by atoms with Gasteiger partial charge in [0.2, 0.25) is 0 Å². The predicted octanol–water partition coefficient (Wildman–Crippen LogP) is 1.97. The molecular formula is C13H13F2NO4. The van der Waals surface area contributed by atoms with E-state index in [0.717, 1.165) is 10.5 Å². The lowest BCUT2D eigenvalue weighted by molar-refractivity contribution is -0.151. The summed E-state index contributed by atoms with van der Waals surface area (Å²) in [5, 5.41) is 8.70. The van der Waals surface area contributed by atoms with Gasteiger partial charge in [-0.1, -0.05) is 30.3 Å². The van der Waals surface area contributed by atoms with Gasteiger partial charge in [0, 0.05) is 6.54 Å². The van der Waals surface area contributed by atoms with Gasteiger partial charge >= 0.3 is 12.1 Å². The molecule has 1 saturated heterocycles. The summed E-state index contributed by atoms with van der Waals surface area (Å²) in [6.07, 6.45) is -0.933. The molecular weight excluding hydrogens is 272 g/mol. The number of aliphatic carboxylic acids is 1. The van der Waals surface area contributed by atoms with Crippen LogP contribution in [0.25, 0.3) is 0 Å². The van der Waals surface area contributed by atoms with Crippen molar-refractivity contribution in [1.82, 2.24) is 4.90 Å². The van der Waals surface area contributed by atoms with Gasteiger partial charge in [-0.2, -0.15) is 0 Å². The minimum Gasteiger partial charge on any atom is -0.481 e. The Morgan fingerprint density at radius 1 is 1.35 bits per heavy atom. The highest BCUT2D eigenvalue weighted by Crippen LogP contribution is 2.33. The fraction of sp³-hybridized carbons (Fsp3) is 0.385. The van der Waals surface area contributed by atoms with Crippen molar-refractivity contribution in [2.45, 2.75) is 12.5 Å². The molecule has 1 unspecified atom stereocenters. The van der Waals surface area contributed by atoms with Crippen molar-refractivity contribution in [3.05, 3.63) is 35.9 Å². The van der Waals surface area contributed by atoms with Crippen LogP contribution in [0.15, 0.2) is 30.3 Å². The highest BCUT2D eigenvalue weighted by atomic mass is 19.3. The van der Waals surface area contributed by atoms with E-state index in [1.165, 1.54) is 0 Å². The van der Waals surface area contributed by atoms with Crippen LogP contribution in [0.1, 0.15) is 5.56 Å². The van der Waals surface area contributed by atoms with Gasteiger partial charge in [-0.3, -0.25) is 4.79 Å². The second-order valence-electron chi connectivity index (χ2n) is 4.57. The summed E-state index contributed by atoms with van der Waals surface area (Å²) >= 11 is 0. The van der Waals surface area contributed by atoms with E-state index in [9.17, 15) is 18.4 Å². The summed E-state index contributed by atoms with van der Waals surface area (Å²) in [4.78, 5) is 23.1. The molecule has 1 aliphatic heterocycles. The number of carboxylic acid groups (broad SMARTS) is 1. The molecule has 2 rings (SSSR count). The highest BCUT2D eigenvalue weighted by molar-refractivity contribution is 5.75. The molecule has 108 valence electrons. The van der Waals surface area contributed by atoms with Crippen LogP contribution in [-0.2, 0) is 16.1 Å². The van der Waals surface area contributed by atoms with Crippen LogP contribution >= 0.6 is 0 Å². The molecule has 1 aromatic rings. The van der Waals surface area contributed by atoms with Gasteiger partial charge in [0.25, 0.3) is 5.92 Å². The smallest absolute Gasteiger partial charge is 0.410 e. The number of benzene rings is 1. The molecule has 1 aromatic carbocycles. The normalized spacial score (nSPS) is 20.7. The molecule has 0 aromatic heterocycles. The zero-order chi connectivity index (χ0) is 14.8. The summed E-state index contributed by atoms with van der Waals surface area (Å²) in [7, 11) is 0. The Kier molecular flexibility index (Phi) is 3.87. The number of hydrogen-bond donors (Lipinski definition) is 1. The molecule has 1 heterocycles. The molecule has 1 amide bonds. The summed E-state index contributed by atoms with van der Waals surface area (Å²) in [6.45, 7) is -1.52. The molecule has 1 atom stereocenters. The second kappa shape index (κ2) is 5.44. The summed E-state index contributed by atoms with van der Waals surface area (Å²) in [5.74, 6) is -6.93. The van der Waals surface area contributed by atoms with Gasteiger partial charge in [0.15, 0.2) is 0 Å². The minimum absolute atomic E-state index is 0.0422. The Morgan fingerprint density at radius 2 is 2.00 bits per heavy atom. The van der Waals surface area contributed by atoms with Gasteiger partial charge < -0.3 is 14.7 Å². The third-order valence-electron chi connectivity index (χ3n) is 3.08. The minimum atomic E-state index is -3.43. The van der Waals surface area contributed by atoms with Gasteiger partial charge in [-0.25, -0.2) is 13.6 Å². The van der Waals surface area contributed by atoms with Crippen LogP contribution in [-0.4, -0.2) is 41.1 Å². The van der Waals surface area contributed by atoms with Crippen molar-refractivity contribution in [3.63, 3.8) is 0 Å². The molecule has 0 spiro atoms. The van der Waals surface area contributed by atoms with E-state index in [0.29, 0.717) is 0 Å². The fourth-order valence-electron chi connectivity index (χ4n) is 1.99. The Bertz CT molecular complexity index is 506. The van der Waals surface area contributed by atoms with Crippen LogP contribution in [0, 0.1) is 5.92 Å². The van der Waals surface area contributed by atoms with Crippen LogP contribution in [0.5, 0.6) is 0 Å². The lowest BCUT2D eigenvalue weighted by Crippen LogP contribution is -2.33. The molecule has 7 heteroatoms. The molecule has 1 N–H and O–H groups in total. The maximum absolute atomic E-state index is 13.4. The second-order valence-corrected chi connectivity index (χ2v) is 4.57. The van der Waals surface area contributed by atoms with Crippen molar-refractivity contribution in [1.29, 1.82) is 0 Å². The first kappa shape index (κ1) is 14.2. The van der Waals surface area contributed by atoms with Gasteiger partial charge in [-0.05, 0) is 5.56 Å². The van der Waals surface area contributed by atoms with E-state index in [2.05, 4.69) is 0 Å². The average Bonchev–Trinajstić information content (AvgIpc) is 2.73. The van der Waals surface area contributed by atoms with E-state index >= 15 is 0 Å². The number of hydrogen-bond acceptors (Lipinski definition) is 3. The van der Waals surface area contributed by atoms with E-state index in [-0.39, 0.29) is 6.61 Å². The van der Waals surface area contributed by atoms with Crippen LogP contribution in [0.4, 0.5) is 13.6 Å². The standard InChI is InChI=1S/C13H13F2NO4/c14-13(15)8-16(6-10(13)11(17)18)12(19)20-7-9-4-2-1-3-5-9/h1-5,10H,6-8H2,(H,17,18). The SMILES string of the molecule is O=C(O)C1CN(C(=O)OCc2ccccc2)CC1(F)F. The Labute approximate surface area is 113 Å². The first-order valence-electron chi connectivity index (χ1n) is 5.96. The topological polar surface area (TPSA) is 66.8 Å². The first-order chi connectivity index (χ1) is 9.40. The monoisotopic (exact) mass is 285 g/mol. The zero-order valence-corrected chi connectivity index (χ0v) is 10.5. The Balaban J connectivity index is 1.93. The summed E-state index contributed by atoms with van der Waals surface area (Å²) in [6, 6.07) is 8.77. The first-order valence-corrected chi connectivity index (χ1v) is 5.96. The number of carboxylic acids is 1. The maximum atomic E-state index is 13.4. The number of nitrogens with zero attached hydrogens (tertiary/aromatic N) is 1. The van der Waals surface area contributed by atoms with E-state index < -0.39 is 37.0 Å². The summed E-state index contributed by atoms with van der Waals surface area (Å²) < 4.78 is 31.7. The molecule has 5 nitrogen and oxygen atoms in total. The molecule has 0 bridgehead atoms. The number of amides is 1. The third-order valence-corrected chi connectivity index (χ3v) is 3.08. The van der Waals surface area contributed by atoms with Crippen molar-refractivity contribution in [3.8, 4) is 0 Å². The highest BCUT2D eigenvalue weighted by Gasteiger charge is 2.53. The predicted molar refractivity (Wildman–Crippen MR) is 64.3 cm³/mol. The van der Waals surface area contributed by atoms with E-state index in [1.54, 1.807) is 30.3 Å². The van der Waals surface area contributed by atoms with Crippen LogP contribution in [0.2, 0.25) is 0 Å². The largest absolute Gasteiger partial charge is 0.481 e. The number of carbonyl (C=O) groups excluding carboxylic acids is 1. The van der Waals surface area contributed by atoms with E-state index in [1.807, 2.05) is 0 Å². The number of rotatable bonds is 3. The number of carbonyl (C=O) groups is 2. The average molecular weight is 285 g/mol. The van der Waals surface area contributed by atoms with Crippen molar-refractivity contribution < 1.29 is 28.2 Å². The fourth-order valence-corrected chi connectivity index (χ4v) is 1.99. The number of alkyl halides is 2. The van der Waals surface area contributed by atoms with Crippen LogP contribution in [0.3, 0.4) is 0 Å². The Hall–Kier alpha value is -2.18. The van der Waals surface area contributed by atoms with Gasteiger partial charge in [0.1, 0.15) is 12.5 Å². The van der Waals surface area contributed by atoms with E-state index in [4.69, 9.17) is 9.84 Å². The van der Waals surface area contributed by atoms with Gasteiger partial charge in [-0.15, -0.1) is 0 Å². The summed E-state index contributed by atoms with van der Waals surface area (Å²) in [5.41, 5.74) is 0.724. The maximum Gasteiger partial charge on any atom is 0.410 e. The molecule has 1 aliphatic rings. The lowest BCUT2D eigenvalue weighted by Gasteiger charge is -2.15. The molecule has 0 radical (unpaired) electrons. The third kappa shape index (κ3) is 3.04. The van der Waals surface area contributed by atoms with Crippen molar-refractivity contribution >= 4 is 12.1 Å². The molecule has 20 heavy (non-hydrogen) atoms. The number of ether oxygens (including phenoxy) is 1. The lowest BCUT2D eigenvalue weighted by atomic mass is 10.1.